The molecule has 27 heavy (non-hydrogen) atoms. The molecule has 0 radical (unpaired) electrons. The standard InChI is InChI=1S/C21H27N3O3/c1-4-13-27-19-10-8-7-9-16(19)15-23-21(22)24-18-14-17(25-5-2)11-12-20(18)26-6-3/h4,7-12,14H,1,5-6,13,15H2,2-3H3,(H3,22,23,24). The van der Waals surface area contributed by atoms with Crippen LogP contribution in [-0.4, -0.2) is 25.8 Å². The van der Waals surface area contributed by atoms with Gasteiger partial charge in [-0.15, -0.1) is 0 Å². The Kier molecular flexibility index (Phi) is 8.03. The van der Waals surface area contributed by atoms with Crippen molar-refractivity contribution in [3.8, 4) is 17.2 Å². The number of para-hydroxylation sites is 1. The summed E-state index contributed by atoms with van der Waals surface area (Å²) in [6.45, 7) is 9.49. The highest BCUT2D eigenvalue weighted by Gasteiger charge is 2.08. The third kappa shape index (κ3) is 6.26. The van der Waals surface area contributed by atoms with Crippen molar-refractivity contribution in [2.75, 3.05) is 25.1 Å². The van der Waals surface area contributed by atoms with Crippen molar-refractivity contribution >= 4 is 11.6 Å². The van der Waals surface area contributed by atoms with E-state index in [9.17, 15) is 0 Å². The van der Waals surface area contributed by atoms with E-state index in [0.717, 1.165) is 17.1 Å². The van der Waals surface area contributed by atoms with E-state index in [1.807, 2.05) is 56.3 Å². The molecule has 0 unspecified atom stereocenters. The molecule has 2 aromatic carbocycles. The molecule has 6 nitrogen and oxygen atoms in total. The van der Waals surface area contributed by atoms with Gasteiger partial charge < -0.3 is 25.3 Å². The van der Waals surface area contributed by atoms with Crippen LogP contribution in [0, 0.1) is 0 Å². The predicted octanol–water partition coefficient (Wildman–Crippen LogP) is 3.98. The first-order valence-electron chi connectivity index (χ1n) is 8.96. The summed E-state index contributed by atoms with van der Waals surface area (Å²) in [5, 5.41) is 3.09. The van der Waals surface area contributed by atoms with Crippen molar-refractivity contribution in [3.05, 3.63) is 60.7 Å². The van der Waals surface area contributed by atoms with Crippen molar-refractivity contribution < 1.29 is 14.2 Å². The second kappa shape index (κ2) is 10.8. The monoisotopic (exact) mass is 369 g/mol. The van der Waals surface area contributed by atoms with E-state index in [1.54, 1.807) is 6.08 Å². The van der Waals surface area contributed by atoms with Gasteiger partial charge in [-0.2, -0.15) is 0 Å². The summed E-state index contributed by atoms with van der Waals surface area (Å²) in [7, 11) is 0. The minimum Gasteiger partial charge on any atom is -0.494 e. The van der Waals surface area contributed by atoms with Crippen LogP contribution >= 0.6 is 0 Å². The minimum absolute atomic E-state index is 0.281. The molecule has 0 fully saturated rings. The van der Waals surface area contributed by atoms with Gasteiger partial charge >= 0.3 is 0 Å². The Morgan fingerprint density at radius 1 is 1.07 bits per heavy atom. The summed E-state index contributed by atoms with van der Waals surface area (Å²) in [5.41, 5.74) is 7.73. The number of aliphatic imine (C=N–C) groups is 1. The van der Waals surface area contributed by atoms with Gasteiger partial charge in [0.1, 0.15) is 23.9 Å². The summed E-state index contributed by atoms with van der Waals surface area (Å²) >= 11 is 0. The van der Waals surface area contributed by atoms with Crippen molar-refractivity contribution in [3.63, 3.8) is 0 Å². The van der Waals surface area contributed by atoms with Crippen LogP contribution < -0.4 is 25.3 Å². The molecule has 0 spiro atoms. The molecule has 0 saturated heterocycles. The van der Waals surface area contributed by atoms with Crippen LogP contribution in [0.2, 0.25) is 0 Å². The first kappa shape index (κ1) is 20.2. The van der Waals surface area contributed by atoms with Gasteiger partial charge in [0, 0.05) is 11.6 Å². The highest BCUT2D eigenvalue weighted by atomic mass is 16.5. The maximum Gasteiger partial charge on any atom is 0.193 e. The fourth-order valence-corrected chi connectivity index (χ4v) is 2.42. The summed E-state index contributed by atoms with van der Waals surface area (Å²) in [6.07, 6.45) is 1.70. The number of hydrogen-bond donors (Lipinski definition) is 2. The molecule has 0 aliphatic carbocycles. The Bertz CT molecular complexity index is 775. The van der Waals surface area contributed by atoms with Crippen LogP contribution in [0.4, 0.5) is 5.69 Å². The van der Waals surface area contributed by atoms with Crippen LogP contribution in [0.1, 0.15) is 19.4 Å². The number of guanidine groups is 1. The number of rotatable bonds is 10. The van der Waals surface area contributed by atoms with Gasteiger partial charge in [0.2, 0.25) is 0 Å². The van der Waals surface area contributed by atoms with E-state index in [-0.39, 0.29) is 5.96 Å². The second-order valence-electron chi connectivity index (χ2n) is 5.56. The predicted molar refractivity (Wildman–Crippen MR) is 110 cm³/mol. The van der Waals surface area contributed by atoms with Crippen molar-refractivity contribution in [2.45, 2.75) is 20.4 Å². The lowest BCUT2D eigenvalue weighted by Crippen LogP contribution is -2.23. The van der Waals surface area contributed by atoms with E-state index in [4.69, 9.17) is 19.9 Å². The van der Waals surface area contributed by atoms with Crippen LogP contribution in [-0.2, 0) is 6.54 Å². The molecular weight excluding hydrogens is 342 g/mol. The van der Waals surface area contributed by atoms with Crippen molar-refractivity contribution in [1.29, 1.82) is 0 Å². The van der Waals surface area contributed by atoms with Crippen molar-refractivity contribution in [1.82, 2.24) is 0 Å². The summed E-state index contributed by atoms with van der Waals surface area (Å²) in [6, 6.07) is 13.3. The Hall–Kier alpha value is -3.15. The molecule has 0 saturated carbocycles. The molecule has 0 aromatic heterocycles. The molecular formula is C21H27N3O3. The zero-order chi connectivity index (χ0) is 19.5. The van der Waals surface area contributed by atoms with E-state index in [1.165, 1.54) is 0 Å². The quantitative estimate of drug-likeness (QED) is 0.376. The summed E-state index contributed by atoms with van der Waals surface area (Å²) in [4.78, 5) is 4.42. The van der Waals surface area contributed by atoms with Gasteiger partial charge in [0.05, 0.1) is 25.4 Å². The Morgan fingerprint density at radius 2 is 1.85 bits per heavy atom. The lowest BCUT2D eigenvalue weighted by molar-refractivity contribution is 0.332. The molecule has 0 bridgehead atoms. The number of anilines is 1. The van der Waals surface area contributed by atoms with Gasteiger partial charge in [0.15, 0.2) is 5.96 Å². The highest BCUT2D eigenvalue weighted by molar-refractivity contribution is 5.94. The Morgan fingerprint density at radius 3 is 2.59 bits per heavy atom. The number of benzene rings is 2. The summed E-state index contributed by atoms with van der Waals surface area (Å²) in [5.74, 6) is 2.47. The maximum absolute atomic E-state index is 6.08. The van der Waals surface area contributed by atoms with Crippen LogP contribution in [0.15, 0.2) is 60.1 Å². The third-order valence-electron chi connectivity index (χ3n) is 3.57. The molecule has 0 aliphatic rings. The van der Waals surface area contributed by atoms with E-state index in [2.05, 4.69) is 16.9 Å². The molecule has 144 valence electrons. The topological polar surface area (TPSA) is 78.1 Å². The van der Waals surface area contributed by atoms with Gasteiger partial charge in [0.25, 0.3) is 0 Å². The van der Waals surface area contributed by atoms with Gasteiger partial charge in [-0.1, -0.05) is 30.9 Å². The van der Waals surface area contributed by atoms with Gasteiger partial charge in [-0.3, -0.25) is 0 Å². The van der Waals surface area contributed by atoms with Gasteiger partial charge in [-0.05, 0) is 32.0 Å². The van der Waals surface area contributed by atoms with E-state index >= 15 is 0 Å². The molecule has 3 N–H and O–H groups in total. The lowest BCUT2D eigenvalue weighted by Gasteiger charge is -2.14. The number of hydrogen-bond acceptors (Lipinski definition) is 4. The molecule has 2 aromatic rings. The molecule has 0 atom stereocenters. The van der Waals surface area contributed by atoms with Crippen LogP contribution in [0.3, 0.4) is 0 Å². The van der Waals surface area contributed by atoms with Crippen LogP contribution in [0.25, 0.3) is 0 Å². The number of nitrogens with two attached hydrogens (primary N) is 1. The Balaban J connectivity index is 2.13. The normalized spacial score (nSPS) is 11.0. The number of nitrogens with one attached hydrogen (secondary N) is 1. The zero-order valence-corrected chi connectivity index (χ0v) is 15.9. The molecule has 2 rings (SSSR count). The molecule has 6 heteroatoms. The Labute approximate surface area is 160 Å². The largest absolute Gasteiger partial charge is 0.494 e. The smallest absolute Gasteiger partial charge is 0.193 e. The van der Waals surface area contributed by atoms with E-state index < -0.39 is 0 Å². The fourth-order valence-electron chi connectivity index (χ4n) is 2.42. The zero-order valence-electron chi connectivity index (χ0n) is 15.9. The highest BCUT2D eigenvalue weighted by Crippen LogP contribution is 2.29. The summed E-state index contributed by atoms with van der Waals surface area (Å²) < 4.78 is 16.8. The SMILES string of the molecule is C=CCOc1ccccc1CN=C(N)Nc1cc(OCC)ccc1OCC. The molecule has 0 amide bonds. The average molecular weight is 369 g/mol. The first-order chi connectivity index (χ1) is 13.2. The number of nitrogens with zero attached hydrogens (tertiary/aromatic N) is 1. The van der Waals surface area contributed by atoms with Gasteiger partial charge in [-0.25, -0.2) is 4.99 Å². The molecule has 0 heterocycles. The fraction of sp³-hybridized carbons (Fsp3) is 0.286. The van der Waals surface area contributed by atoms with E-state index in [0.29, 0.717) is 37.8 Å². The maximum atomic E-state index is 6.08. The molecule has 0 aliphatic heterocycles. The van der Waals surface area contributed by atoms with Crippen molar-refractivity contribution in [2.24, 2.45) is 10.7 Å². The first-order valence-corrected chi connectivity index (χ1v) is 8.96. The van der Waals surface area contributed by atoms with Crippen LogP contribution in [0.5, 0.6) is 17.2 Å². The number of ether oxygens (including phenoxy) is 3. The average Bonchev–Trinajstić information content (AvgIpc) is 2.67. The minimum atomic E-state index is 0.281. The second-order valence-corrected chi connectivity index (χ2v) is 5.56. The third-order valence-corrected chi connectivity index (χ3v) is 3.57. The lowest BCUT2D eigenvalue weighted by atomic mass is 10.2.